The molecule has 148 heavy (non-hydrogen) atoms. The van der Waals surface area contributed by atoms with Crippen LogP contribution in [0.2, 0.25) is 0 Å². The summed E-state index contributed by atoms with van der Waals surface area (Å²) in [5, 5.41) is 133. The summed E-state index contributed by atoms with van der Waals surface area (Å²) in [5.74, 6) is -1.20. The van der Waals surface area contributed by atoms with E-state index >= 15 is 0 Å². The molecule has 6 aromatic rings. The Bertz CT molecular complexity index is 3770. The van der Waals surface area contributed by atoms with Gasteiger partial charge in [-0.25, -0.2) is 0 Å². The van der Waals surface area contributed by atoms with Crippen molar-refractivity contribution in [2.45, 2.75) is 150 Å². The van der Waals surface area contributed by atoms with E-state index in [9.17, 15) is 61.3 Å². The minimum atomic E-state index is -0.128. The number of nitrogens with zero attached hydrogens (tertiary/aromatic N) is 6. The van der Waals surface area contributed by atoms with Crippen molar-refractivity contribution in [2.75, 3.05) is 191 Å². The summed E-state index contributed by atoms with van der Waals surface area (Å²) in [6, 6.07) is 29.6. The topological polar surface area (TPSA) is 480 Å². The molecule has 2 saturated heterocycles. The third-order valence-corrected chi connectivity index (χ3v) is 15.5. The molecule has 882 valence electrons. The predicted octanol–water partition coefficient (Wildman–Crippen LogP) is -6.16. The normalized spacial score (nSPS) is 11.7. The van der Waals surface area contributed by atoms with Gasteiger partial charge in [-0.1, -0.05) is 185 Å². The van der Waals surface area contributed by atoms with Crippen LogP contribution in [0.4, 0.5) is 34.1 Å². The fraction of sp³-hybridized carbons (Fsp3) is 0.481. The van der Waals surface area contributed by atoms with Gasteiger partial charge in [0.2, 0.25) is 0 Å². The molecule has 2 aliphatic heterocycles. The molecule has 0 unspecified atom stereocenters. The van der Waals surface area contributed by atoms with Gasteiger partial charge in [-0.05, 0) is 179 Å². The maximum Gasteiger partial charge on any atom is 3.00 e. The van der Waals surface area contributed by atoms with Crippen LogP contribution in [0.5, 0.6) is 34.5 Å². The van der Waals surface area contributed by atoms with Gasteiger partial charge in [-0.15, -0.1) is 34.6 Å². The summed E-state index contributed by atoms with van der Waals surface area (Å²) in [7, 11) is 19.8. The molecule has 8 rings (SSSR count). The van der Waals surface area contributed by atoms with Crippen LogP contribution in [0.1, 0.15) is 142 Å². The first kappa shape index (κ1) is 189. The second kappa shape index (κ2) is 132. The fourth-order valence-electron chi connectivity index (χ4n) is 9.41. The van der Waals surface area contributed by atoms with Crippen LogP contribution >= 0.6 is 0 Å². The summed E-state index contributed by atoms with van der Waals surface area (Å²) in [5.41, 5.74) is 11.4. The van der Waals surface area contributed by atoms with Gasteiger partial charge in [0, 0.05) is 146 Å². The quantitative estimate of drug-likeness (QED) is 0.0230. The van der Waals surface area contributed by atoms with Crippen molar-refractivity contribution in [2.24, 2.45) is 30.0 Å². The van der Waals surface area contributed by atoms with Crippen molar-refractivity contribution in [1.82, 2.24) is 0 Å². The van der Waals surface area contributed by atoms with Crippen LogP contribution in [-0.2, 0) is 66.3 Å². The summed E-state index contributed by atoms with van der Waals surface area (Å²) in [6.45, 7) is 42.5. The van der Waals surface area contributed by atoms with Crippen molar-refractivity contribution >= 4 is 68.4 Å². The van der Waals surface area contributed by atoms with E-state index in [1.54, 1.807) is 200 Å². The van der Waals surface area contributed by atoms with Gasteiger partial charge in [-0.2, -0.15) is 0 Å². The largest absolute Gasteiger partial charge is 3.00 e. The molecule has 44 heteroatoms. The maximum atomic E-state index is 11.4. The molecule has 2 aliphatic rings. The van der Waals surface area contributed by atoms with E-state index < -0.39 is 0 Å². The molecule has 0 aromatic heterocycles. The van der Waals surface area contributed by atoms with Crippen LogP contribution in [0.25, 0.3) is 0 Å². The predicted molar refractivity (Wildman–Crippen MR) is 526 cm³/mol. The summed E-state index contributed by atoms with van der Waals surface area (Å²) in [6.07, 6.45) is 13.5. The molecule has 6 aromatic carbocycles. The van der Waals surface area contributed by atoms with Gasteiger partial charge >= 0.3 is 282 Å². The minimum Gasteiger partial charge on any atom is -1.00 e. The second-order valence-electron chi connectivity index (χ2n) is 29.4. The Hall–Kier alpha value is -0.323. The van der Waals surface area contributed by atoms with Gasteiger partial charge in [0.05, 0.1) is 113 Å². The molecular weight excluding hydrogens is 3000 g/mol. The first-order valence-corrected chi connectivity index (χ1v) is 43.5. The molecule has 2 fully saturated rings. The van der Waals surface area contributed by atoms with Gasteiger partial charge < -0.3 is 202 Å². The van der Waals surface area contributed by atoms with Gasteiger partial charge in [0.15, 0.2) is 0 Å². The maximum absolute atomic E-state index is 11.4. The van der Waals surface area contributed by atoms with Crippen LogP contribution in [-0.4, -0.2) is 225 Å². The van der Waals surface area contributed by atoms with E-state index in [1.165, 1.54) is 140 Å². The van der Waals surface area contributed by atoms with Crippen LogP contribution in [0, 0.1) is 323 Å². The number of halogens is 6. The first-order chi connectivity index (χ1) is 64.4. The number of aliphatic imine (C=N–C) groups is 6. The van der Waals surface area contributed by atoms with Gasteiger partial charge in [0.1, 0.15) is 0 Å². The van der Waals surface area contributed by atoms with Crippen molar-refractivity contribution < 1.29 is 484 Å². The molecule has 0 bridgehead atoms. The SMILES string of the molecule is C1CCOC1.C1CCOC1.CC(/C=C(/C)[O-])=Nc1cc(C)ccc1[O-].CC(/C=C(/C)[O-])=Nc1cc(C)ccc1[O-].CC(/C=C(/C)[O-])=Nc1cc(C)ccc1[O-].CC(/C=C(/C)[O-])=Nc1cc(C)ccc1[O-].CC(/C=C(/C)[O-])=Nc1cc(C)ccc1[O-].CC(/C=C(/C)[O-])=Nc1cc(C)ccc1[O-].COCCOC.COCCOC.COCCOC.COCCOC.COCCOC.COCCOC.[Cl-].[Cl-].[Cl-].[Cl-].[Cl-].[Cl-].[Yb+3].[Yb+3].[Yb+3].[Yb+3].[Yb+3].[Yb+3]. The van der Waals surface area contributed by atoms with Crippen molar-refractivity contribution in [1.29, 1.82) is 0 Å². The van der Waals surface area contributed by atoms with E-state index in [4.69, 9.17) is 9.47 Å². The van der Waals surface area contributed by atoms with Crippen molar-refractivity contribution in [3.05, 3.63) is 214 Å². The van der Waals surface area contributed by atoms with Crippen molar-refractivity contribution in [3.63, 3.8) is 0 Å². The van der Waals surface area contributed by atoms with E-state index in [0.29, 0.717) is 148 Å². The Morgan fingerprint density at radius 1 is 0.216 bits per heavy atom. The number of hydrogen-bond acceptors (Lipinski definition) is 32. The molecule has 0 aliphatic carbocycles. The fourth-order valence-corrected chi connectivity index (χ4v) is 9.41. The van der Waals surface area contributed by atoms with E-state index in [2.05, 4.69) is 86.8 Å². The number of ether oxygens (including phenoxy) is 14. The number of benzene rings is 6. The zero-order chi connectivity index (χ0) is 105. The molecule has 0 amide bonds. The number of allylic oxidation sites excluding steroid dienone is 12. The average molecular weight is 3160 g/mol. The number of methoxy groups -OCH3 is 12. The van der Waals surface area contributed by atoms with Crippen LogP contribution in [0.15, 0.2) is 210 Å². The van der Waals surface area contributed by atoms with Crippen molar-refractivity contribution in [3.8, 4) is 34.5 Å². The molecule has 0 atom stereocenters. The third kappa shape index (κ3) is 129. The molecule has 0 spiro atoms. The Kier molecular flexibility index (Phi) is 168. The standard InChI is InChI=1S/6C12H15NO2.6C4H10O2.2C4H8O.6ClH.6Yb/c6*1-8-4-5-12(15)11(6-8)13-9(2)7-10(3)14;6*1-5-3-4-6-2;2*1-2-4-5-3-1;;;;;;;;;;;;/h6*4-7,14-15H,1-3H3;6*3-4H2,1-2H3;2*1-4H2;6*1H;;;;;;/q;;;;;;;;;;;;;;;;;;;;6*+3/p-18/b6*10-7-,13-9?;;;;;;;;;;;;;;;;;;;;. The Balaban J connectivity index is -0.0000000778. The Morgan fingerprint density at radius 2 is 0.318 bits per heavy atom. The summed E-state index contributed by atoms with van der Waals surface area (Å²) in [4.78, 5) is 24.5. The Morgan fingerprint density at radius 3 is 0.392 bits per heavy atom. The average Bonchev–Trinajstić information content (AvgIpc) is 0.946. The Labute approximate surface area is 1150 Å². The zero-order valence-electron chi connectivity index (χ0n) is 90.2. The van der Waals surface area contributed by atoms with Gasteiger partial charge in [0.25, 0.3) is 0 Å². The first-order valence-electron chi connectivity index (χ1n) is 43.5. The van der Waals surface area contributed by atoms with E-state index in [-0.39, 0.29) is 425 Å². The van der Waals surface area contributed by atoms with Crippen LogP contribution < -0.4 is 136 Å². The number of aryl methyl sites for hydroxylation is 6. The van der Waals surface area contributed by atoms with E-state index in [1.807, 2.05) is 41.5 Å². The van der Waals surface area contributed by atoms with Gasteiger partial charge in [-0.3, -0.25) is 30.0 Å². The zero-order valence-corrected chi connectivity index (χ0v) is 105. The molecule has 0 saturated carbocycles. The second-order valence-corrected chi connectivity index (χ2v) is 29.4. The molecular formula is C104H154Cl6N6O26Yb6. The number of rotatable bonds is 30. The molecule has 6 radical (unpaired) electrons. The van der Waals surface area contributed by atoms with Crippen LogP contribution in [0.3, 0.4) is 0 Å². The summed E-state index contributed by atoms with van der Waals surface area (Å²) >= 11 is 0. The minimum absolute atomic E-state index is 0. The smallest absolute Gasteiger partial charge is 1.00 e. The third-order valence-electron chi connectivity index (χ3n) is 15.5. The number of hydrogen-bond donors (Lipinski definition) is 0. The monoisotopic (exact) mass is 3160 g/mol. The molecule has 32 nitrogen and oxygen atoms in total. The van der Waals surface area contributed by atoms with E-state index in [0.717, 1.165) is 59.8 Å². The summed E-state index contributed by atoms with van der Waals surface area (Å²) < 4.78 is 65.8. The molecule has 0 N–H and O–H groups in total. The molecule has 2 heterocycles.